The number of pyridine rings is 1. The molecule has 9 heteroatoms. The number of aryl methyl sites for hydroxylation is 1. The van der Waals surface area contributed by atoms with E-state index in [4.69, 9.17) is 11.6 Å². The molecule has 128 valence electrons. The molecule has 3 heterocycles. The normalized spacial score (nSPS) is 18.7. The number of sulfonamides is 1. The van der Waals surface area contributed by atoms with E-state index in [0.717, 1.165) is 4.88 Å². The third kappa shape index (κ3) is 3.46. The van der Waals surface area contributed by atoms with Crippen LogP contribution in [0.5, 0.6) is 0 Å². The van der Waals surface area contributed by atoms with E-state index < -0.39 is 16.1 Å². The van der Waals surface area contributed by atoms with E-state index in [1.165, 1.54) is 21.8 Å². The van der Waals surface area contributed by atoms with Gasteiger partial charge in [-0.1, -0.05) is 11.6 Å². The maximum Gasteiger partial charge on any atom is 0.253 e. The van der Waals surface area contributed by atoms with E-state index in [0.29, 0.717) is 30.2 Å². The largest absolute Gasteiger partial charge is 0.309 e. The van der Waals surface area contributed by atoms with Crippen molar-refractivity contribution in [3.63, 3.8) is 0 Å². The van der Waals surface area contributed by atoms with Gasteiger partial charge in [-0.25, -0.2) is 13.4 Å². The summed E-state index contributed by atoms with van der Waals surface area (Å²) in [6.45, 7) is 2.19. The van der Waals surface area contributed by atoms with Crippen LogP contribution in [0, 0.1) is 6.92 Å². The number of hydrogen-bond acceptors (Lipinski definition) is 5. The van der Waals surface area contributed by atoms with Gasteiger partial charge in [0, 0.05) is 17.6 Å². The number of nitrogens with one attached hydrogen (secondary N) is 1. The fourth-order valence-corrected chi connectivity index (χ4v) is 5.80. The fraction of sp³-hybridized carbons (Fsp3) is 0.333. The summed E-state index contributed by atoms with van der Waals surface area (Å²) in [6.07, 6.45) is 2.56. The van der Waals surface area contributed by atoms with E-state index in [1.54, 1.807) is 24.3 Å². The number of carbonyl (C=O) groups is 1. The lowest BCUT2D eigenvalue weighted by Gasteiger charge is -2.22. The van der Waals surface area contributed by atoms with Crippen molar-refractivity contribution in [3.05, 3.63) is 40.4 Å². The first-order valence-electron chi connectivity index (χ1n) is 7.38. The Balaban J connectivity index is 1.80. The molecule has 0 aliphatic carbocycles. The average Bonchev–Trinajstić information content (AvgIpc) is 3.19. The highest BCUT2D eigenvalue weighted by Crippen LogP contribution is 2.30. The second-order valence-electron chi connectivity index (χ2n) is 5.49. The number of amides is 1. The molecule has 1 fully saturated rings. The van der Waals surface area contributed by atoms with Crippen LogP contribution in [0.3, 0.4) is 0 Å². The van der Waals surface area contributed by atoms with E-state index in [-0.39, 0.29) is 10.1 Å². The summed E-state index contributed by atoms with van der Waals surface area (Å²) >= 11 is 6.98. The Hall–Kier alpha value is -1.48. The van der Waals surface area contributed by atoms with Gasteiger partial charge in [0.25, 0.3) is 10.0 Å². The van der Waals surface area contributed by atoms with Crippen LogP contribution in [0.1, 0.15) is 17.7 Å². The van der Waals surface area contributed by atoms with Crippen LogP contribution < -0.4 is 5.32 Å². The van der Waals surface area contributed by atoms with Gasteiger partial charge in [0.1, 0.15) is 16.1 Å². The number of carbonyl (C=O) groups excluding carboxylic acids is 1. The highest BCUT2D eigenvalue weighted by atomic mass is 35.5. The molecule has 6 nitrogen and oxygen atoms in total. The Morgan fingerprint density at radius 3 is 2.79 bits per heavy atom. The smallest absolute Gasteiger partial charge is 0.253 e. The van der Waals surface area contributed by atoms with Crippen LogP contribution in [-0.2, 0) is 14.8 Å². The predicted molar refractivity (Wildman–Crippen MR) is 93.8 cm³/mol. The summed E-state index contributed by atoms with van der Waals surface area (Å²) < 4.78 is 27.1. The third-order valence-corrected chi connectivity index (χ3v) is 7.36. The highest BCUT2D eigenvalue weighted by Gasteiger charge is 2.40. The molecule has 0 saturated carbocycles. The Kier molecular flexibility index (Phi) is 4.91. The minimum Gasteiger partial charge on any atom is -0.309 e. The minimum atomic E-state index is -3.66. The molecule has 2 aromatic heterocycles. The van der Waals surface area contributed by atoms with E-state index in [2.05, 4.69) is 10.3 Å². The van der Waals surface area contributed by atoms with Gasteiger partial charge in [-0.3, -0.25) is 4.79 Å². The molecule has 1 aliphatic rings. The van der Waals surface area contributed by atoms with Gasteiger partial charge in [-0.15, -0.1) is 11.3 Å². The molecule has 1 saturated heterocycles. The molecule has 3 rings (SSSR count). The predicted octanol–water partition coefficient (Wildman–Crippen LogP) is 2.90. The molecule has 1 unspecified atom stereocenters. The lowest BCUT2D eigenvalue weighted by molar-refractivity contribution is -0.119. The summed E-state index contributed by atoms with van der Waals surface area (Å²) in [5.41, 5.74) is 0. The van der Waals surface area contributed by atoms with Gasteiger partial charge < -0.3 is 5.32 Å². The molecule has 1 N–H and O–H groups in total. The number of rotatable bonds is 4. The lowest BCUT2D eigenvalue weighted by atomic mass is 10.2. The molecular weight excluding hydrogens is 370 g/mol. The highest BCUT2D eigenvalue weighted by molar-refractivity contribution is 7.91. The van der Waals surface area contributed by atoms with E-state index in [9.17, 15) is 13.2 Å². The van der Waals surface area contributed by atoms with Gasteiger partial charge in [0.2, 0.25) is 5.91 Å². The average molecular weight is 386 g/mol. The van der Waals surface area contributed by atoms with Gasteiger partial charge >= 0.3 is 0 Å². The van der Waals surface area contributed by atoms with Crippen LogP contribution in [0.4, 0.5) is 5.82 Å². The first-order chi connectivity index (χ1) is 11.4. The zero-order chi connectivity index (χ0) is 17.3. The zero-order valence-electron chi connectivity index (χ0n) is 12.9. The molecule has 2 aromatic rings. The summed E-state index contributed by atoms with van der Waals surface area (Å²) in [6, 6.07) is 5.82. The first kappa shape index (κ1) is 17.3. The molecule has 1 atom stereocenters. The minimum absolute atomic E-state index is 0.268. The van der Waals surface area contributed by atoms with Crippen molar-refractivity contribution in [1.82, 2.24) is 9.29 Å². The van der Waals surface area contributed by atoms with Crippen molar-refractivity contribution in [3.8, 4) is 0 Å². The van der Waals surface area contributed by atoms with Crippen molar-refractivity contribution >= 4 is 44.7 Å². The molecule has 0 spiro atoms. The topological polar surface area (TPSA) is 79.4 Å². The third-order valence-electron chi connectivity index (χ3n) is 3.76. The van der Waals surface area contributed by atoms with Crippen molar-refractivity contribution in [1.29, 1.82) is 0 Å². The molecule has 1 aliphatic heterocycles. The number of hydrogen-bond donors (Lipinski definition) is 1. The Morgan fingerprint density at radius 1 is 1.38 bits per heavy atom. The lowest BCUT2D eigenvalue weighted by Crippen LogP contribution is -2.42. The Morgan fingerprint density at radius 2 is 2.17 bits per heavy atom. The number of aromatic nitrogens is 1. The molecule has 0 aromatic carbocycles. The van der Waals surface area contributed by atoms with Crippen molar-refractivity contribution in [2.75, 3.05) is 11.9 Å². The number of nitrogens with zero attached hydrogens (tertiary/aromatic N) is 2. The zero-order valence-corrected chi connectivity index (χ0v) is 15.3. The molecule has 1 amide bonds. The van der Waals surface area contributed by atoms with Crippen LogP contribution in [-0.4, -0.2) is 36.2 Å². The van der Waals surface area contributed by atoms with Crippen molar-refractivity contribution in [2.45, 2.75) is 30.0 Å². The number of thiophene rings is 1. The quantitative estimate of drug-likeness (QED) is 0.877. The summed E-state index contributed by atoms with van der Waals surface area (Å²) in [5.74, 6) is -0.0280. The van der Waals surface area contributed by atoms with Crippen LogP contribution in [0.2, 0.25) is 5.02 Å². The second-order valence-corrected chi connectivity index (χ2v) is 9.33. The molecule has 0 bridgehead atoms. The first-order valence-corrected chi connectivity index (χ1v) is 10.0. The van der Waals surface area contributed by atoms with Crippen LogP contribution in [0.15, 0.2) is 34.7 Å². The van der Waals surface area contributed by atoms with Gasteiger partial charge in [0.05, 0.1) is 5.02 Å². The maximum atomic E-state index is 12.8. The summed E-state index contributed by atoms with van der Waals surface area (Å²) in [7, 11) is -3.66. The van der Waals surface area contributed by atoms with Crippen LogP contribution in [0.25, 0.3) is 0 Å². The monoisotopic (exact) mass is 385 g/mol. The number of anilines is 1. The molecule has 24 heavy (non-hydrogen) atoms. The van der Waals surface area contributed by atoms with Crippen molar-refractivity contribution in [2.24, 2.45) is 0 Å². The number of halogens is 1. The standard InChI is InChI=1S/C15H16ClN3O3S2/c1-10-4-7-14(23-10)24(21,22)19-8-2-3-12(19)15(20)18-13-6-5-11(16)9-17-13/h4-7,9,12H,2-3,8H2,1H3,(H,17,18,20). The molecule has 0 radical (unpaired) electrons. The Bertz CT molecular complexity index is 849. The summed E-state index contributed by atoms with van der Waals surface area (Å²) in [5, 5.41) is 3.12. The molecular formula is C15H16ClN3O3S2. The van der Waals surface area contributed by atoms with Crippen molar-refractivity contribution < 1.29 is 13.2 Å². The van der Waals surface area contributed by atoms with Crippen LogP contribution >= 0.6 is 22.9 Å². The van der Waals surface area contributed by atoms with Gasteiger partial charge in [-0.2, -0.15) is 4.31 Å². The van der Waals surface area contributed by atoms with Gasteiger partial charge in [0.15, 0.2) is 0 Å². The van der Waals surface area contributed by atoms with Gasteiger partial charge in [-0.05, 0) is 44.0 Å². The maximum absolute atomic E-state index is 12.8. The fourth-order valence-electron chi connectivity index (χ4n) is 2.62. The van der Waals surface area contributed by atoms with E-state index >= 15 is 0 Å². The SMILES string of the molecule is Cc1ccc(S(=O)(=O)N2CCCC2C(=O)Nc2ccc(Cl)cn2)s1. The summed E-state index contributed by atoms with van der Waals surface area (Å²) in [4.78, 5) is 17.4. The second kappa shape index (κ2) is 6.79. The Labute approximate surface area is 149 Å². The van der Waals surface area contributed by atoms with E-state index in [1.807, 2.05) is 6.92 Å².